The molecule has 18 heavy (non-hydrogen) atoms. The van der Waals surface area contributed by atoms with Crippen molar-refractivity contribution in [2.45, 2.75) is 58.6 Å². The van der Waals surface area contributed by atoms with Gasteiger partial charge in [-0.2, -0.15) is 0 Å². The molecule has 0 bridgehead atoms. The molecular formula is C14H28N2O2. The molecule has 1 unspecified atom stereocenters. The molecule has 1 fully saturated rings. The Morgan fingerprint density at radius 3 is 2.56 bits per heavy atom. The van der Waals surface area contributed by atoms with Crippen LogP contribution < -0.4 is 0 Å². The number of rotatable bonds is 3. The minimum atomic E-state index is -0.407. The summed E-state index contributed by atoms with van der Waals surface area (Å²) < 4.78 is 5.49. The SMILES string of the molecule is CCCCC1CN(C)CCN1C(=O)OC(C)(C)C. The van der Waals surface area contributed by atoms with Crippen molar-refractivity contribution in [3.05, 3.63) is 0 Å². The second-order valence-electron chi connectivity index (χ2n) is 6.23. The van der Waals surface area contributed by atoms with E-state index in [1.54, 1.807) is 0 Å². The number of piperazine rings is 1. The van der Waals surface area contributed by atoms with Crippen LogP contribution in [0.3, 0.4) is 0 Å². The first kappa shape index (κ1) is 15.3. The van der Waals surface area contributed by atoms with E-state index in [1.807, 2.05) is 25.7 Å². The zero-order valence-corrected chi connectivity index (χ0v) is 12.5. The minimum absolute atomic E-state index is 0.156. The molecule has 4 nitrogen and oxygen atoms in total. The van der Waals surface area contributed by atoms with Crippen molar-refractivity contribution in [3.8, 4) is 0 Å². The van der Waals surface area contributed by atoms with Crippen molar-refractivity contribution in [1.29, 1.82) is 0 Å². The van der Waals surface area contributed by atoms with Gasteiger partial charge in [0.25, 0.3) is 0 Å². The van der Waals surface area contributed by atoms with E-state index in [4.69, 9.17) is 4.74 Å². The fraction of sp³-hybridized carbons (Fsp3) is 0.929. The monoisotopic (exact) mass is 256 g/mol. The molecule has 0 aromatic rings. The lowest BCUT2D eigenvalue weighted by Gasteiger charge is -2.40. The molecule has 0 aromatic carbocycles. The number of unbranched alkanes of at least 4 members (excludes halogenated alkanes) is 1. The van der Waals surface area contributed by atoms with Crippen LogP contribution in [0.2, 0.25) is 0 Å². The summed E-state index contributed by atoms with van der Waals surface area (Å²) in [6, 6.07) is 0.304. The van der Waals surface area contributed by atoms with E-state index in [-0.39, 0.29) is 6.09 Å². The van der Waals surface area contributed by atoms with E-state index in [0.717, 1.165) is 32.5 Å². The lowest BCUT2D eigenvalue weighted by atomic mass is 10.1. The lowest BCUT2D eigenvalue weighted by Crippen LogP contribution is -2.55. The Hall–Kier alpha value is -0.770. The van der Waals surface area contributed by atoms with Gasteiger partial charge in [0.15, 0.2) is 0 Å². The number of hydrogen-bond donors (Lipinski definition) is 0. The molecule has 0 saturated carbocycles. The van der Waals surface area contributed by atoms with Crippen molar-refractivity contribution in [2.24, 2.45) is 0 Å². The van der Waals surface area contributed by atoms with Gasteiger partial charge in [-0.1, -0.05) is 19.8 Å². The van der Waals surface area contributed by atoms with E-state index in [1.165, 1.54) is 6.42 Å². The Balaban J connectivity index is 2.61. The summed E-state index contributed by atoms with van der Waals surface area (Å²) in [5, 5.41) is 0. The maximum Gasteiger partial charge on any atom is 0.410 e. The molecule has 0 aromatic heterocycles. The van der Waals surface area contributed by atoms with Crippen LogP contribution in [0, 0.1) is 0 Å². The summed E-state index contributed by atoms with van der Waals surface area (Å²) in [6.45, 7) is 10.6. The number of carbonyl (C=O) groups is 1. The minimum Gasteiger partial charge on any atom is -0.444 e. The number of likely N-dealkylation sites (N-methyl/N-ethyl adjacent to an activating group) is 1. The molecule has 1 aliphatic heterocycles. The average molecular weight is 256 g/mol. The van der Waals surface area contributed by atoms with Crippen LogP contribution in [-0.2, 0) is 4.74 Å². The van der Waals surface area contributed by atoms with Gasteiger partial charge in [0.2, 0.25) is 0 Å². The van der Waals surface area contributed by atoms with Crippen LogP contribution in [0.15, 0.2) is 0 Å². The Kier molecular flexibility index (Phi) is 5.45. The second-order valence-corrected chi connectivity index (χ2v) is 6.23. The van der Waals surface area contributed by atoms with Crippen LogP contribution in [0.5, 0.6) is 0 Å². The molecule has 4 heteroatoms. The molecule has 0 spiro atoms. The van der Waals surface area contributed by atoms with E-state index >= 15 is 0 Å². The summed E-state index contributed by atoms with van der Waals surface area (Å²) >= 11 is 0. The molecule has 0 N–H and O–H groups in total. The standard InChI is InChI=1S/C14H28N2O2/c1-6-7-8-12-11-15(5)9-10-16(12)13(17)18-14(2,3)4/h12H,6-11H2,1-5H3. The zero-order chi connectivity index (χ0) is 13.8. The maximum absolute atomic E-state index is 12.2. The predicted molar refractivity (Wildman–Crippen MR) is 73.8 cm³/mol. The summed E-state index contributed by atoms with van der Waals surface area (Å²) in [6.07, 6.45) is 3.25. The van der Waals surface area contributed by atoms with Crippen molar-refractivity contribution < 1.29 is 9.53 Å². The third kappa shape index (κ3) is 4.84. The predicted octanol–water partition coefficient (Wildman–Crippen LogP) is 2.73. The Labute approximate surface area is 111 Å². The number of carbonyl (C=O) groups excluding carboxylic acids is 1. The topological polar surface area (TPSA) is 32.8 Å². The average Bonchev–Trinajstić information content (AvgIpc) is 2.23. The third-order valence-electron chi connectivity index (χ3n) is 3.20. The third-order valence-corrected chi connectivity index (χ3v) is 3.20. The van der Waals surface area contributed by atoms with Crippen LogP contribution in [0.25, 0.3) is 0 Å². The number of amides is 1. The van der Waals surface area contributed by atoms with Gasteiger partial charge >= 0.3 is 6.09 Å². The normalized spacial score (nSPS) is 22.1. The molecule has 1 heterocycles. The van der Waals surface area contributed by atoms with Gasteiger partial charge in [-0.05, 0) is 34.2 Å². The van der Waals surface area contributed by atoms with Gasteiger partial charge in [-0.25, -0.2) is 4.79 Å². The molecule has 1 rings (SSSR count). The summed E-state index contributed by atoms with van der Waals surface area (Å²) in [7, 11) is 2.12. The summed E-state index contributed by atoms with van der Waals surface area (Å²) in [4.78, 5) is 16.4. The summed E-state index contributed by atoms with van der Waals surface area (Å²) in [5.41, 5.74) is -0.407. The molecule has 1 aliphatic rings. The van der Waals surface area contributed by atoms with E-state index in [2.05, 4.69) is 18.9 Å². The van der Waals surface area contributed by atoms with Gasteiger partial charge in [-0.3, -0.25) is 0 Å². The molecule has 1 atom stereocenters. The van der Waals surface area contributed by atoms with Crippen LogP contribution >= 0.6 is 0 Å². The van der Waals surface area contributed by atoms with E-state index in [9.17, 15) is 4.79 Å². The van der Waals surface area contributed by atoms with Gasteiger partial charge in [-0.15, -0.1) is 0 Å². The first-order valence-electron chi connectivity index (χ1n) is 7.01. The van der Waals surface area contributed by atoms with Crippen LogP contribution in [-0.4, -0.2) is 54.2 Å². The molecule has 106 valence electrons. The maximum atomic E-state index is 12.2. The molecule has 0 aliphatic carbocycles. The first-order valence-corrected chi connectivity index (χ1v) is 7.01. The lowest BCUT2D eigenvalue weighted by molar-refractivity contribution is 0.0000170. The molecule has 1 amide bonds. The summed E-state index contributed by atoms with van der Waals surface area (Å²) in [5.74, 6) is 0. The molecular weight excluding hydrogens is 228 g/mol. The van der Waals surface area contributed by atoms with Gasteiger partial charge < -0.3 is 14.5 Å². The molecule has 0 radical (unpaired) electrons. The number of hydrogen-bond acceptors (Lipinski definition) is 3. The highest BCUT2D eigenvalue weighted by molar-refractivity contribution is 5.68. The van der Waals surface area contributed by atoms with Crippen molar-refractivity contribution >= 4 is 6.09 Å². The molecule has 1 saturated heterocycles. The van der Waals surface area contributed by atoms with Gasteiger partial charge in [0.05, 0.1) is 0 Å². The highest BCUT2D eigenvalue weighted by Gasteiger charge is 2.31. The van der Waals surface area contributed by atoms with Crippen molar-refractivity contribution in [3.63, 3.8) is 0 Å². The first-order chi connectivity index (χ1) is 8.33. The fourth-order valence-corrected chi connectivity index (χ4v) is 2.26. The highest BCUT2D eigenvalue weighted by Crippen LogP contribution is 2.18. The van der Waals surface area contributed by atoms with Crippen LogP contribution in [0.1, 0.15) is 47.0 Å². The van der Waals surface area contributed by atoms with Crippen molar-refractivity contribution in [1.82, 2.24) is 9.80 Å². The Morgan fingerprint density at radius 2 is 2.00 bits per heavy atom. The van der Waals surface area contributed by atoms with E-state index in [0.29, 0.717) is 6.04 Å². The second kappa shape index (κ2) is 6.41. The zero-order valence-electron chi connectivity index (χ0n) is 12.5. The number of ether oxygens (including phenoxy) is 1. The largest absolute Gasteiger partial charge is 0.444 e. The quantitative estimate of drug-likeness (QED) is 0.778. The highest BCUT2D eigenvalue weighted by atomic mass is 16.6. The van der Waals surface area contributed by atoms with E-state index < -0.39 is 5.60 Å². The smallest absolute Gasteiger partial charge is 0.410 e. The van der Waals surface area contributed by atoms with Crippen LogP contribution in [0.4, 0.5) is 4.79 Å². The Morgan fingerprint density at radius 1 is 1.33 bits per heavy atom. The van der Waals surface area contributed by atoms with Gasteiger partial charge in [0, 0.05) is 25.7 Å². The Bertz CT molecular complexity index is 273. The van der Waals surface area contributed by atoms with Gasteiger partial charge in [0.1, 0.15) is 5.60 Å². The fourth-order valence-electron chi connectivity index (χ4n) is 2.26. The number of nitrogens with zero attached hydrogens (tertiary/aromatic N) is 2. The van der Waals surface area contributed by atoms with Crippen molar-refractivity contribution in [2.75, 3.05) is 26.7 Å².